The molecule has 2 nitrogen and oxygen atoms in total. The van der Waals surface area contributed by atoms with E-state index in [0.717, 1.165) is 39.0 Å². The molecule has 0 spiro atoms. The van der Waals surface area contributed by atoms with Gasteiger partial charge in [0.2, 0.25) is 0 Å². The number of benzene rings is 9. The Hall–Kier alpha value is -6.64. The summed E-state index contributed by atoms with van der Waals surface area (Å²) in [5, 5.41) is 9.75. The zero-order chi connectivity index (χ0) is 35.3. The van der Waals surface area contributed by atoms with Gasteiger partial charge >= 0.3 is 0 Å². The van der Waals surface area contributed by atoms with E-state index in [-0.39, 0.29) is 5.41 Å². The van der Waals surface area contributed by atoms with Crippen molar-refractivity contribution >= 4 is 71.3 Å². The highest BCUT2D eigenvalue weighted by Gasteiger charge is 2.36. The normalized spacial score (nSPS) is 13.2. The third-order valence-corrected chi connectivity index (χ3v) is 11.6. The SMILES string of the molecule is CC1(C)c2ccccc2-c2ccc(N(c3ccc(-c4cc5ccccc5c5ccccc45)cc3)c3cccc4c3oc3ccc5ccccc5c34)cc21. The highest BCUT2D eigenvalue weighted by Crippen LogP contribution is 2.51. The minimum Gasteiger partial charge on any atom is -0.454 e. The summed E-state index contributed by atoms with van der Waals surface area (Å²) in [4.78, 5) is 2.38. The number of hydrogen-bond donors (Lipinski definition) is 0. The zero-order valence-corrected chi connectivity index (χ0v) is 29.6. The first-order valence-electron chi connectivity index (χ1n) is 18.4. The molecule has 0 fully saturated rings. The monoisotopic (exact) mass is 677 g/mol. The second-order valence-corrected chi connectivity index (χ2v) is 14.9. The van der Waals surface area contributed by atoms with E-state index in [2.05, 4.69) is 195 Å². The number of rotatable bonds is 4. The molecule has 0 unspecified atom stereocenters. The van der Waals surface area contributed by atoms with Crippen LogP contribution in [0.25, 0.3) is 76.5 Å². The topological polar surface area (TPSA) is 16.4 Å². The van der Waals surface area contributed by atoms with Crippen molar-refractivity contribution in [1.29, 1.82) is 0 Å². The van der Waals surface area contributed by atoms with Gasteiger partial charge in [-0.05, 0) is 108 Å². The maximum atomic E-state index is 6.84. The second-order valence-electron chi connectivity index (χ2n) is 14.9. The van der Waals surface area contributed by atoms with E-state index in [9.17, 15) is 0 Å². The van der Waals surface area contributed by atoms with Crippen LogP contribution in [0, 0.1) is 0 Å². The van der Waals surface area contributed by atoms with Gasteiger partial charge in [-0.25, -0.2) is 0 Å². The number of para-hydroxylation sites is 1. The maximum absolute atomic E-state index is 6.84. The molecule has 0 saturated carbocycles. The van der Waals surface area contributed by atoms with Crippen molar-refractivity contribution in [2.75, 3.05) is 4.90 Å². The van der Waals surface area contributed by atoms with Crippen LogP contribution in [-0.2, 0) is 5.41 Å². The summed E-state index contributed by atoms with van der Waals surface area (Å²) >= 11 is 0. The first-order valence-corrected chi connectivity index (χ1v) is 18.4. The number of hydrogen-bond acceptors (Lipinski definition) is 2. The predicted octanol–water partition coefficient (Wildman–Crippen LogP) is 14.5. The summed E-state index contributed by atoms with van der Waals surface area (Å²) < 4.78 is 6.84. The van der Waals surface area contributed by atoms with Crippen molar-refractivity contribution in [2.24, 2.45) is 0 Å². The Kier molecular flexibility index (Phi) is 6.33. The highest BCUT2D eigenvalue weighted by molar-refractivity contribution is 6.21. The largest absolute Gasteiger partial charge is 0.454 e. The van der Waals surface area contributed by atoms with Gasteiger partial charge in [0.15, 0.2) is 5.58 Å². The molecule has 0 amide bonds. The van der Waals surface area contributed by atoms with Gasteiger partial charge in [-0.15, -0.1) is 0 Å². The van der Waals surface area contributed by atoms with Crippen LogP contribution >= 0.6 is 0 Å². The Morgan fingerprint density at radius 3 is 1.94 bits per heavy atom. The van der Waals surface area contributed by atoms with Crippen LogP contribution in [0.1, 0.15) is 25.0 Å². The van der Waals surface area contributed by atoms with Gasteiger partial charge in [0, 0.05) is 27.6 Å². The Morgan fingerprint density at radius 2 is 1.09 bits per heavy atom. The Bertz CT molecular complexity index is 3090. The molecule has 1 heterocycles. The molecule has 0 N–H and O–H groups in total. The van der Waals surface area contributed by atoms with Crippen molar-refractivity contribution in [3.63, 3.8) is 0 Å². The minimum absolute atomic E-state index is 0.126. The molecule has 11 rings (SSSR count). The molecule has 9 aromatic carbocycles. The van der Waals surface area contributed by atoms with E-state index in [4.69, 9.17) is 4.42 Å². The van der Waals surface area contributed by atoms with Crippen molar-refractivity contribution in [1.82, 2.24) is 0 Å². The van der Waals surface area contributed by atoms with Crippen molar-refractivity contribution in [2.45, 2.75) is 19.3 Å². The van der Waals surface area contributed by atoms with E-state index in [1.54, 1.807) is 0 Å². The Morgan fingerprint density at radius 1 is 0.434 bits per heavy atom. The molecule has 10 aromatic rings. The van der Waals surface area contributed by atoms with Crippen molar-refractivity contribution in [3.05, 3.63) is 187 Å². The summed E-state index contributed by atoms with van der Waals surface area (Å²) in [6.45, 7) is 4.69. The second kappa shape index (κ2) is 11.2. The van der Waals surface area contributed by atoms with Gasteiger partial charge in [0.25, 0.3) is 0 Å². The van der Waals surface area contributed by atoms with Gasteiger partial charge in [-0.1, -0.05) is 147 Å². The van der Waals surface area contributed by atoms with Crippen LogP contribution in [0.15, 0.2) is 180 Å². The van der Waals surface area contributed by atoms with Gasteiger partial charge < -0.3 is 9.32 Å². The van der Waals surface area contributed by atoms with Gasteiger partial charge in [-0.2, -0.15) is 0 Å². The maximum Gasteiger partial charge on any atom is 0.159 e. The lowest BCUT2D eigenvalue weighted by Gasteiger charge is -2.28. The standard InChI is InChI=1S/C51H35NO/c1-51(2)45-20-10-9-18-41(45)42-28-27-36(31-46(42)51)52(47-21-11-19-43-49-38-15-6-3-12-32(38)24-29-48(49)53-50(43)47)35-25-22-33(23-26-35)44-30-34-13-4-5-14-37(34)39-16-7-8-17-40(39)44/h3-31H,1-2H3. The van der Waals surface area contributed by atoms with Gasteiger partial charge in [-0.3, -0.25) is 0 Å². The van der Waals surface area contributed by atoms with Crippen LogP contribution in [0.3, 0.4) is 0 Å². The third kappa shape index (κ3) is 4.39. The average molecular weight is 678 g/mol. The molecule has 1 aliphatic carbocycles. The molecule has 0 radical (unpaired) electrons. The fourth-order valence-corrected chi connectivity index (χ4v) is 9.07. The number of fused-ring (bicyclic) bond motifs is 11. The lowest BCUT2D eigenvalue weighted by atomic mass is 9.82. The van der Waals surface area contributed by atoms with Crippen molar-refractivity contribution in [3.8, 4) is 22.3 Å². The van der Waals surface area contributed by atoms with Gasteiger partial charge in [0.05, 0.1) is 5.69 Å². The lowest BCUT2D eigenvalue weighted by Crippen LogP contribution is -2.16. The fraction of sp³-hybridized carbons (Fsp3) is 0.0588. The van der Waals surface area contributed by atoms with E-state index in [1.165, 1.54) is 65.7 Å². The molecule has 0 aliphatic heterocycles. The molecule has 1 aromatic heterocycles. The molecule has 0 saturated heterocycles. The first-order chi connectivity index (χ1) is 26.0. The van der Waals surface area contributed by atoms with E-state index in [1.807, 2.05) is 0 Å². The summed E-state index contributed by atoms with van der Waals surface area (Å²) in [6.07, 6.45) is 0. The fourth-order valence-electron chi connectivity index (χ4n) is 9.07. The molecular formula is C51H35NO. The van der Waals surface area contributed by atoms with Gasteiger partial charge in [0.1, 0.15) is 5.58 Å². The van der Waals surface area contributed by atoms with Crippen LogP contribution in [-0.4, -0.2) is 0 Å². The van der Waals surface area contributed by atoms with E-state index < -0.39 is 0 Å². The van der Waals surface area contributed by atoms with Crippen LogP contribution in [0.4, 0.5) is 17.1 Å². The molecule has 53 heavy (non-hydrogen) atoms. The summed E-state index contributed by atoms with van der Waals surface area (Å²) in [6, 6.07) is 64.1. The lowest BCUT2D eigenvalue weighted by molar-refractivity contribution is 0.660. The smallest absolute Gasteiger partial charge is 0.159 e. The minimum atomic E-state index is -0.126. The molecule has 1 aliphatic rings. The zero-order valence-electron chi connectivity index (χ0n) is 29.6. The van der Waals surface area contributed by atoms with Crippen LogP contribution in [0.2, 0.25) is 0 Å². The molecule has 0 atom stereocenters. The first kappa shape index (κ1) is 30.0. The number of furan rings is 1. The van der Waals surface area contributed by atoms with E-state index in [0.29, 0.717) is 0 Å². The Labute approximate surface area is 308 Å². The van der Waals surface area contributed by atoms with E-state index >= 15 is 0 Å². The summed E-state index contributed by atoms with van der Waals surface area (Å²) in [7, 11) is 0. The number of nitrogens with zero attached hydrogens (tertiary/aromatic N) is 1. The molecule has 2 heteroatoms. The third-order valence-electron chi connectivity index (χ3n) is 11.6. The quantitative estimate of drug-likeness (QED) is 0.172. The van der Waals surface area contributed by atoms with Crippen LogP contribution < -0.4 is 4.90 Å². The summed E-state index contributed by atoms with van der Waals surface area (Å²) in [5.74, 6) is 0. The predicted molar refractivity (Wildman–Crippen MR) is 224 cm³/mol. The Balaban J connectivity index is 1.13. The van der Waals surface area contributed by atoms with Crippen LogP contribution in [0.5, 0.6) is 0 Å². The number of anilines is 3. The van der Waals surface area contributed by atoms with Crippen molar-refractivity contribution < 1.29 is 4.42 Å². The molecule has 250 valence electrons. The highest BCUT2D eigenvalue weighted by atomic mass is 16.3. The molecule has 0 bridgehead atoms. The average Bonchev–Trinajstić information content (AvgIpc) is 3.71. The summed E-state index contributed by atoms with van der Waals surface area (Å²) in [5.41, 5.74) is 12.6. The molecular weight excluding hydrogens is 643 g/mol.